The molecule has 0 radical (unpaired) electrons. The fourth-order valence-corrected chi connectivity index (χ4v) is 2.66. The SMILES string of the molecule is CCC(O)(CC)CSc1cccc(CO)c1. The Morgan fingerprint density at radius 3 is 2.50 bits per heavy atom. The highest BCUT2D eigenvalue weighted by Crippen LogP contribution is 2.27. The van der Waals surface area contributed by atoms with Crippen LogP contribution in [0, 0.1) is 0 Å². The minimum Gasteiger partial charge on any atom is -0.392 e. The van der Waals surface area contributed by atoms with Crippen LogP contribution in [0.15, 0.2) is 29.2 Å². The van der Waals surface area contributed by atoms with Gasteiger partial charge in [-0.2, -0.15) is 0 Å². The van der Waals surface area contributed by atoms with Gasteiger partial charge in [0.15, 0.2) is 0 Å². The van der Waals surface area contributed by atoms with Crippen molar-refractivity contribution in [2.45, 2.75) is 43.8 Å². The lowest BCUT2D eigenvalue weighted by atomic mass is 10.0. The van der Waals surface area contributed by atoms with E-state index in [1.165, 1.54) is 0 Å². The van der Waals surface area contributed by atoms with Gasteiger partial charge in [-0.15, -0.1) is 11.8 Å². The highest BCUT2D eigenvalue weighted by atomic mass is 32.2. The van der Waals surface area contributed by atoms with Gasteiger partial charge in [0, 0.05) is 10.6 Å². The van der Waals surface area contributed by atoms with E-state index in [-0.39, 0.29) is 6.61 Å². The maximum absolute atomic E-state index is 10.1. The van der Waals surface area contributed by atoms with Crippen molar-refractivity contribution in [1.82, 2.24) is 0 Å². The second-order valence-electron chi connectivity index (χ2n) is 4.03. The van der Waals surface area contributed by atoms with E-state index in [1.54, 1.807) is 11.8 Å². The molecule has 0 unspecified atom stereocenters. The van der Waals surface area contributed by atoms with Crippen LogP contribution >= 0.6 is 11.8 Å². The fourth-order valence-electron chi connectivity index (χ4n) is 1.41. The summed E-state index contributed by atoms with van der Waals surface area (Å²) in [4.78, 5) is 1.10. The van der Waals surface area contributed by atoms with Crippen molar-refractivity contribution >= 4 is 11.8 Å². The van der Waals surface area contributed by atoms with E-state index in [4.69, 9.17) is 5.11 Å². The zero-order chi connectivity index (χ0) is 12.0. The minimum atomic E-state index is -0.570. The van der Waals surface area contributed by atoms with Crippen LogP contribution in [0.2, 0.25) is 0 Å². The third-order valence-electron chi connectivity index (χ3n) is 2.90. The molecule has 0 aromatic heterocycles. The van der Waals surface area contributed by atoms with Crippen LogP contribution in [-0.4, -0.2) is 21.6 Å². The average Bonchev–Trinajstić information content (AvgIpc) is 2.36. The van der Waals surface area contributed by atoms with Crippen molar-refractivity contribution in [1.29, 1.82) is 0 Å². The van der Waals surface area contributed by atoms with Gasteiger partial charge in [-0.1, -0.05) is 26.0 Å². The first kappa shape index (κ1) is 13.6. The molecule has 0 aliphatic carbocycles. The fraction of sp³-hybridized carbons (Fsp3) is 0.538. The summed E-state index contributed by atoms with van der Waals surface area (Å²) >= 11 is 1.64. The molecule has 0 aliphatic rings. The topological polar surface area (TPSA) is 40.5 Å². The van der Waals surface area contributed by atoms with Gasteiger partial charge in [-0.3, -0.25) is 0 Å². The first-order valence-electron chi connectivity index (χ1n) is 5.68. The lowest BCUT2D eigenvalue weighted by Gasteiger charge is -2.24. The Morgan fingerprint density at radius 1 is 1.25 bits per heavy atom. The van der Waals surface area contributed by atoms with Gasteiger partial charge in [0.25, 0.3) is 0 Å². The monoisotopic (exact) mass is 240 g/mol. The van der Waals surface area contributed by atoms with Crippen LogP contribution in [0.3, 0.4) is 0 Å². The predicted molar refractivity (Wildman–Crippen MR) is 68.6 cm³/mol. The van der Waals surface area contributed by atoms with Gasteiger partial charge in [0.2, 0.25) is 0 Å². The van der Waals surface area contributed by atoms with Crippen molar-refractivity contribution < 1.29 is 10.2 Å². The summed E-state index contributed by atoms with van der Waals surface area (Å²) < 4.78 is 0. The van der Waals surface area contributed by atoms with Crippen LogP contribution in [-0.2, 0) is 6.61 Å². The molecule has 16 heavy (non-hydrogen) atoms. The molecule has 0 atom stereocenters. The van der Waals surface area contributed by atoms with E-state index in [9.17, 15) is 5.11 Å². The van der Waals surface area contributed by atoms with Crippen LogP contribution in [0.25, 0.3) is 0 Å². The Bertz CT molecular complexity index is 321. The van der Waals surface area contributed by atoms with E-state index in [2.05, 4.69) is 0 Å². The molecular formula is C13H20O2S. The molecule has 0 amide bonds. The molecule has 0 heterocycles. The quantitative estimate of drug-likeness (QED) is 0.751. The molecule has 2 nitrogen and oxygen atoms in total. The highest BCUT2D eigenvalue weighted by molar-refractivity contribution is 7.99. The van der Waals surface area contributed by atoms with E-state index in [0.717, 1.165) is 23.3 Å². The van der Waals surface area contributed by atoms with Gasteiger partial charge < -0.3 is 10.2 Å². The maximum Gasteiger partial charge on any atom is 0.0736 e. The Balaban J connectivity index is 2.60. The summed E-state index contributed by atoms with van der Waals surface area (Å²) in [5.74, 6) is 0.703. The number of hydrogen-bond donors (Lipinski definition) is 2. The third kappa shape index (κ3) is 3.81. The molecule has 0 saturated carbocycles. The van der Waals surface area contributed by atoms with E-state index in [1.807, 2.05) is 38.1 Å². The van der Waals surface area contributed by atoms with Gasteiger partial charge in [-0.25, -0.2) is 0 Å². The van der Waals surface area contributed by atoms with Crippen LogP contribution in [0.5, 0.6) is 0 Å². The molecule has 2 N–H and O–H groups in total. The number of rotatable bonds is 6. The van der Waals surface area contributed by atoms with E-state index >= 15 is 0 Å². The number of aliphatic hydroxyl groups excluding tert-OH is 1. The molecule has 0 aliphatic heterocycles. The number of benzene rings is 1. The van der Waals surface area contributed by atoms with E-state index in [0.29, 0.717) is 5.75 Å². The number of aliphatic hydroxyl groups is 2. The molecular weight excluding hydrogens is 220 g/mol. The molecule has 0 bridgehead atoms. The molecule has 90 valence electrons. The summed E-state index contributed by atoms with van der Waals surface area (Å²) in [7, 11) is 0. The summed E-state index contributed by atoms with van der Waals surface area (Å²) in [5, 5.41) is 19.2. The van der Waals surface area contributed by atoms with Crippen LogP contribution in [0.4, 0.5) is 0 Å². The van der Waals surface area contributed by atoms with Crippen molar-refractivity contribution in [2.24, 2.45) is 0 Å². The molecule has 3 heteroatoms. The first-order chi connectivity index (χ1) is 7.63. The van der Waals surface area contributed by atoms with Gasteiger partial charge in [-0.05, 0) is 30.5 Å². The zero-order valence-corrected chi connectivity index (χ0v) is 10.8. The highest BCUT2D eigenvalue weighted by Gasteiger charge is 2.21. The first-order valence-corrected chi connectivity index (χ1v) is 6.67. The Hall–Kier alpha value is -0.510. The second kappa shape index (κ2) is 6.28. The van der Waals surface area contributed by atoms with E-state index < -0.39 is 5.60 Å². The molecule has 0 saturated heterocycles. The third-order valence-corrected chi connectivity index (χ3v) is 4.17. The summed E-state index contributed by atoms with van der Waals surface area (Å²) in [5.41, 5.74) is 0.349. The van der Waals surface area contributed by atoms with Gasteiger partial charge in [0.05, 0.1) is 12.2 Å². The Labute approximate surface area is 102 Å². The summed E-state index contributed by atoms with van der Waals surface area (Å²) in [6, 6.07) is 7.81. The van der Waals surface area contributed by atoms with Crippen molar-refractivity contribution in [3.8, 4) is 0 Å². The molecule has 1 aromatic rings. The second-order valence-corrected chi connectivity index (χ2v) is 5.07. The van der Waals surface area contributed by atoms with Crippen LogP contribution < -0.4 is 0 Å². The summed E-state index contributed by atoms with van der Waals surface area (Å²) in [6.07, 6.45) is 1.55. The maximum atomic E-state index is 10.1. The molecule has 0 fully saturated rings. The predicted octanol–water partition coefficient (Wildman–Crippen LogP) is 2.82. The molecule has 1 rings (SSSR count). The smallest absolute Gasteiger partial charge is 0.0736 e. The van der Waals surface area contributed by atoms with Gasteiger partial charge in [0.1, 0.15) is 0 Å². The van der Waals surface area contributed by atoms with Crippen molar-refractivity contribution in [2.75, 3.05) is 5.75 Å². The van der Waals surface area contributed by atoms with Crippen LogP contribution in [0.1, 0.15) is 32.3 Å². The molecule has 0 spiro atoms. The lowest BCUT2D eigenvalue weighted by Crippen LogP contribution is -2.29. The molecule has 1 aromatic carbocycles. The largest absolute Gasteiger partial charge is 0.392 e. The Kier molecular flexibility index (Phi) is 5.32. The standard InChI is InChI=1S/C13H20O2S/c1-3-13(15,4-2)10-16-12-7-5-6-11(8-12)9-14/h5-8,14-15H,3-4,9-10H2,1-2H3. The minimum absolute atomic E-state index is 0.0697. The number of thioether (sulfide) groups is 1. The zero-order valence-electron chi connectivity index (χ0n) is 9.94. The lowest BCUT2D eigenvalue weighted by molar-refractivity contribution is 0.0572. The number of hydrogen-bond acceptors (Lipinski definition) is 3. The summed E-state index contributed by atoms with van der Waals surface area (Å²) in [6.45, 7) is 4.09. The Morgan fingerprint density at radius 2 is 1.94 bits per heavy atom. The van der Waals surface area contributed by atoms with Crippen molar-refractivity contribution in [3.63, 3.8) is 0 Å². The van der Waals surface area contributed by atoms with Gasteiger partial charge >= 0.3 is 0 Å². The average molecular weight is 240 g/mol. The van der Waals surface area contributed by atoms with Crippen molar-refractivity contribution in [3.05, 3.63) is 29.8 Å². The normalized spacial score (nSPS) is 11.8.